The van der Waals surface area contributed by atoms with Gasteiger partial charge in [0.1, 0.15) is 30.2 Å². The quantitative estimate of drug-likeness (QED) is 0.784. The van der Waals surface area contributed by atoms with E-state index in [1.54, 1.807) is 20.8 Å². The van der Waals surface area contributed by atoms with E-state index in [0.29, 0.717) is 6.42 Å². The molecule has 2 amide bonds. The van der Waals surface area contributed by atoms with Gasteiger partial charge in [-0.1, -0.05) is 13.8 Å². The van der Waals surface area contributed by atoms with Gasteiger partial charge in [0.2, 0.25) is 11.7 Å². The van der Waals surface area contributed by atoms with Gasteiger partial charge in [0.25, 0.3) is 0 Å². The lowest BCUT2D eigenvalue weighted by atomic mass is 10.0. The highest BCUT2D eigenvalue weighted by Gasteiger charge is 2.27. The van der Waals surface area contributed by atoms with E-state index in [1.807, 2.05) is 13.8 Å². The molecule has 0 bridgehead atoms. The Morgan fingerprint density at radius 1 is 1.33 bits per heavy atom. The van der Waals surface area contributed by atoms with E-state index >= 15 is 0 Å². The van der Waals surface area contributed by atoms with Gasteiger partial charge in [-0.15, -0.1) is 0 Å². The van der Waals surface area contributed by atoms with Crippen molar-refractivity contribution in [2.75, 3.05) is 13.4 Å². The normalized spacial score (nSPS) is 16.6. The molecule has 1 aliphatic heterocycles. The standard InChI is InChI=1S/C16H26N2O6/c1-10(2)6-11(18-15(21)24-16(3,4)5)14(20)17-12-7-22-9-23-8-13(12)19/h7,10-11H,6,8-9H2,1-5H3,(H,17,20)(H,18,21)/t11-/m0/s1. The SMILES string of the molecule is CC(C)C[C@H](NC(=O)OC(C)(C)C)C(=O)NC1=COCOCC1=O. The first-order valence-electron chi connectivity index (χ1n) is 7.81. The van der Waals surface area contributed by atoms with Gasteiger partial charge in [-0.3, -0.25) is 9.59 Å². The first kappa shape index (κ1) is 20.0. The zero-order chi connectivity index (χ0) is 18.3. The summed E-state index contributed by atoms with van der Waals surface area (Å²) in [5, 5.41) is 5.02. The van der Waals surface area contributed by atoms with Crippen molar-refractivity contribution < 1.29 is 28.6 Å². The highest BCUT2D eigenvalue weighted by Crippen LogP contribution is 2.10. The highest BCUT2D eigenvalue weighted by atomic mass is 16.7. The molecule has 0 fully saturated rings. The van der Waals surface area contributed by atoms with Crippen molar-refractivity contribution in [3.05, 3.63) is 12.0 Å². The predicted octanol–water partition coefficient (Wildman–Crippen LogP) is 1.46. The first-order valence-corrected chi connectivity index (χ1v) is 7.81. The summed E-state index contributed by atoms with van der Waals surface area (Å²) < 4.78 is 15.0. The van der Waals surface area contributed by atoms with Gasteiger partial charge in [0, 0.05) is 0 Å². The van der Waals surface area contributed by atoms with Crippen LogP contribution in [0.15, 0.2) is 12.0 Å². The number of ether oxygens (including phenoxy) is 3. The number of alkyl carbamates (subject to hydrolysis) is 1. The summed E-state index contributed by atoms with van der Waals surface area (Å²) in [6, 6.07) is -0.835. The Hall–Kier alpha value is -2.09. The molecule has 1 atom stereocenters. The zero-order valence-corrected chi connectivity index (χ0v) is 14.8. The number of amides is 2. The lowest BCUT2D eigenvalue weighted by molar-refractivity contribution is -0.126. The van der Waals surface area contributed by atoms with Crippen LogP contribution in [0.25, 0.3) is 0 Å². The Morgan fingerprint density at radius 3 is 2.58 bits per heavy atom. The van der Waals surface area contributed by atoms with Gasteiger partial charge >= 0.3 is 6.09 Å². The van der Waals surface area contributed by atoms with Crippen LogP contribution in [0.4, 0.5) is 4.79 Å². The zero-order valence-electron chi connectivity index (χ0n) is 14.8. The van der Waals surface area contributed by atoms with E-state index in [2.05, 4.69) is 10.6 Å². The van der Waals surface area contributed by atoms with Gasteiger partial charge in [0.05, 0.1) is 0 Å². The van der Waals surface area contributed by atoms with Crippen LogP contribution in [-0.4, -0.2) is 42.8 Å². The maximum Gasteiger partial charge on any atom is 0.408 e. The summed E-state index contributed by atoms with van der Waals surface area (Å²) in [5.74, 6) is -0.768. The molecule has 0 unspecified atom stereocenters. The monoisotopic (exact) mass is 342 g/mol. The van der Waals surface area contributed by atoms with Crippen LogP contribution in [0.2, 0.25) is 0 Å². The molecule has 8 heteroatoms. The van der Waals surface area contributed by atoms with E-state index in [0.717, 1.165) is 6.26 Å². The average Bonchev–Trinajstić information content (AvgIpc) is 2.60. The van der Waals surface area contributed by atoms with Crippen LogP contribution in [0.3, 0.4) is 0 Å². The number of hydrogen-bond donors (Lipinski definition) is 2. The average molecular weight is 342 g/mol. The highest BCUT2D eigenvalue weighted by molar-refractivity contribution is 6.00. The van der Waals surface area contributed by atoms with E-state index in [1.165, 1.54) is 0 Å². The molecule has 0 aromatic carbocycles. The minimum Gasteiger partial charge on any atom is -0.473 e. The molecule has 1 heterocycles. The second-order valence-electron chi connectivity index (χ2n) is 6.91. The van der Waals surface area contributed by atoms with Crippen molar-refractivity contribution in [3.63, 3.8) is 0 Å². The summed E-state index contributed by atoms with van der Waals surface area (Å²) in [5.41, 5.74) is -0.675. The molecular formula is C16H26N2O6. The topological polar surface area (TPSA) is 103 Å². The Kier molecular flexibility index (Phi) is 7.21. The lowest BCUT2D eigenvalue weighted by Gasteiger charge is -2.24. The summed E-state index contributed by atoms with van der Waals surface area (Å²) in [7, 11) is 0. The van der Waals surface area contributed by atoms with Gasteiger partial charge in [0.15, 0.2) is 6.79 Å². The summed E-state index contributed by atoms with van der Waals surface area (Å²) in [4.78, 5) is 36.2. The van der Waals surface area contributed by atoms with Crippen molar-refractivity contribution in [1.82, 2.24) is 10.6 Å². The minimum atomic E-state index is -0.835. The molecule has 8 nitrogen and oxygen atoms in total. The molecule has 1 rings (SSSR count). The molecule has 0 aromatic heterocycles. The molecule has 1 aliphatic rings. The Labute approximate surface area is 141 Å². The van der Waals surface area contributed by atoms with Crippen LogP contribution in [0, 0.1) is 5.92 Å². The fraction of sp³-hybridized carbons (Fsp3) is 0.688. The molecule has 0 aromatic rings. The van der Waals surface area contributed by atoms with Crippen LogP contribution in [0.5, 0.6) is 0 Å². The molecule has 0 saturated heterocycles. The van der Waals surface area contributed by atoms with Crippen LogP contribution >= 0.6 is 0 Å². The second kappa shape index (κ2) is 8.68. The molecule has 0 aliphatic carbocycles. The first-order chi connectivity index (χ1) is 11.1. The minimum absolute atomic E-state index is 0.00255. The van der Waals surface area contributed by atoms with Crippen molar-refractivity contribution in [1.29, 1.82) is 0 Å². The Bertz CT molecular complexity index is 507. The molecular weight excluding hydrogens is 316 g/mol. The maximum absolute atomic E-state index is 12.4. The number of ketones is 1. The van der Waals surface area contributed by atoms with Gasteiger partial charge in [-0.05, 0) is 33.1 Å². The van der Waals surface area contributed by atoms with Gasteiger partial charge < -0.3 is 24.8 Å². The number of hydrogen-bond acceptors (Lipinski definition) is 6. The molecule has 0 spiro atoms. The van der Waals surface area contributed by atoms with Crippen molar-refractivity contribution in [3.8, 4) is 0 Å². The third-order valence-corrected chi connectivity index (χ3v) is 2.86. The molecule has 24 heavy (non-hydrogen) atoms. The smallest absolute Gasteiger partial charge is 0.408 e. The summed E-state index contributed by atoms with van der Waals surface area (Å²) in [6.45, 7) is 8.80. The fourth-order valence-corrected chi connectivity index (χ4v) is 1.92. The van der Waals surface area contributed by atoms with E-state index < -0.39 is 29.4 Å². The van der Waals surface area contributed by atoms with Gasteiger partial charge in [-0.2, -0.15) is 0 Å². The third kappa shape index (κ3) is 7.45. The number of nitrogens with one attached hydrogen (secondary N) is 2. The summed E-state index contributed by atoms with van der Waals surface area (Å²) in [6.07, 6.45) is 0.848. The Morgan fingerprint density at radius 2 is 2.00 bits per heavy atom. The molecule has 2 N–H and O–H groups in total. The van der Waals surface area contributed by atoms with Crippen LogP contribution in [0.1, 0.15) is 41.0 Å². The third-order valence-electron chi connectivity index (χ3n) is 2.86. The second-order valence-corrected chi connectivity index (χ2v) is 6.91. The van der Waals surface area contributed by atoms with Gasteiger partial charge in [-0.25, -0.2) is 4.79 Å². The predicted molar refractivity (Wildman–Crippen MR) is 85.7 cm³/mol. The van der Waals surface area contributed by atoms with Crippen LogP contribution < -0.4 is 10.6 Å². The molecule has 0 saturated carbocycles. The Balaban J connectivity index is 2.75. The van der Waals surface area contributed by atoms with E-state index in [9.17, 15) is 14.4 Å². The number of carbonyl (C=O) groups is 3. The fourth-order valence-electron chi connectivity index (χ4n) is 1.92. The summed E-state index contributed by atoms with van der Waals surface area (Å²) >= 11 is 0. The van der Waals surface area contributed by atoms with Crippen LogP contribution in [-0.2, 0) is 23.8 Å². The largest absolute Gasteiger partial charge is 0.473 e. The maximum atomic E-state index is 12.4. The number of Topliss-reactive ketones (excluding diaryl/α,β-unsaturated/α-hetero) is 1. The van der Waals surface area contributed by atoms with Crippen molar-refractivity contribution in [2.24, 2.45) is 5.92 Å². The molecule has 0 radical (unpaired) electrons. The van der Waals surface area contributed by atoms with E-state index in [-0.39, 0.29) is 25.0 Å². The van der Waals surface area contributed by atoms with Crippen molar-refractivity contribution >= 4 is 17.8 Å². The van der Waals surface area contributed by atoms with Crippen molar-refractivity contribution in [2.45, 2.75) is 52.7 Å². The molecule has 136 valence electrons. The number of carbonyl (C=O) groups excluding carboxylic acids is 3. The number of rotatable bonds is 5. The lowest BCUT2D eigenvalue weighted by Crippen LogP contribution is -2.49. The van der Waals surface area contributed by atoms with E-state index in [4.69, 9.17) is 14.2 Å².